The number of nitrogen functional groups attached to an aromatic ring is 2. The van der Waals surface area contributed by atoms with E-state index in [1.165, 1.54) is 6.33 Å². The third-order valence-electron chi connectivity index (χ3n) is 1.87. The number of pyridine rings is 1. The first kappa shape index (κ1) is 8.43. The van der Waals surface area contributed by atoms with Crippen molar-refractivity contribution in [3.8, 4) is 11.3 Å². The molecule has 2 heterocycles. The largest absolute Gasteiger partial charge is 0.394 e. The lowest BCUT2D eigenvalue weighted by Crippen LogP contribution is -2.01. The van der Waals surface area contributed by atoms with Crippen molar-refractivity contribution in [2.24, 2.45) is 0 Å². The predicted octanol–water partition coefficient (Wildman–Crippen LogP) is 0.703. The summed E-state index contributed by atoms with van der Waals surface area (Å²) < 4.78 is 0. The second-order valence-corrected chi connectivity index (χ2v) is 2.76. The molecule has 0 fully saturated rings. The van der Waals surface area contributed by atoms with Crippen LogP contribution in [0.2, 0.25) is 0 Å². The number of nitrogens with zero attached hydrogens (tertiary/aromatic N) is 3. The Morgan fingerprint density at radius 2 is 1.71 bits per heavy atom. The maximum Gasteiger partial charge on any atom is 0.150 e. The Kier molecular flexibility index (Phi) is 1.98. The first-order chi connectivity index (χ1) is 6.79. The number of anilines is 2. The summed E-state index contributed by atoms with van der Waals surface area (Å²) in [4.78, 5) is 11.8. The maximum absolute atomic E-state index is 5.74. The van der Waals surface area contributed by atoms with Gasteiger partial charge in [0.05, 0.1) is 5.69 Å². The van der Waals surface area contributed by atoms with E-state index >= 15 is 0 Å². The summed E-state index contributed by atoms with van der Waals surface area (Å²) >= 11 is 0. The lowest BCUT2D eigenvalue weighted by molar-refractivity contribution is 1.18. The van der Waals surface area contributed by atoms with Gasteiger partial charge >= 0.3 is 0 Å². The van der Waals surface area contributed by atoms with Gasteiger partial charge in [-0.2, -0.15) is 0 Å². The number of hydrogen-bond acceptors (Lipinski definition) is 5. The van der Waals surface area contributed by atoms with Crippen molar-refractivity contribution in [2.75, 3.05) is 11.5 Å². The first-order valence-corrected chi connectivity index (χ1v) is 4.05. The van der Waals surface area contributed by atoms with Crippen molar-refractivity contribution >= 4 is 11.5 Å². The van der Waals surface area contributed by atoms with E-state index in [1.807, 2.05) is 12.1 Å². The van der Waals surface area contributed by atoms with E-state index in [-0.39, 0.29) is 0 Å². The van der Waals surface area contributed by atoms with Crippen molar-refractivity contribution in [3.63, 3.8) is 0 Å². The van der Waals surface area contributed by atoms with Gasteiger partial charge in [-0.3, -0.25) is 4.98 Å². The fourth-order valence-electron chi connectivity index (χ4n) is 1.15. The van der Waals surface area contributed by atoms with E-state index in [2.05, 4.69) is 15.0 Å². The van der Waals surface area contributed by atoms with Crippen LogP contribution in [0.3, 0.4) is 0 Å². The zero-order valence-corrected chi connectivity index (χ0v) is 7.38. The molecule has 0 bridgehead atoms. The minimum absolute atomic E-state index is 0.298. The molecule has 0 saturated heterocycles. The van der Waals surface area contributed by atoms with Crippen molar-refractivity contribution in [2.45, 2.75) is 0 Å². The highest BCUT2D eigenvalue weighted by Gasteiger charge is 2.06. The standard InChI is InChI=1S/C9H9N5/c10-7-8(13-5-14-9(7)11)6-1-3-12-4-2-6/h1-5H,10H2,(H2,11,13,14). The van der Waals surface area contributed by atoms with Crippen LogP contribution < -0.4 is 11.5 Å². The topological polar surface area (TPSA) is 90.7 Å². The zero-order chi connectivity index (χ0) is 9.97. The molecule has 2 aromatic heterocycles. The van der Waals surface area contributed by atoms with Crippen LogP contribution in [0.25, 0.3) is 11.3 Å². The number of rotatable bonds is 1. The number of hydrogen-bond donors (Lipinski definition) is 2. The summed E-state index contributed by atoms with van der Waals surface area (Å²) in [7, 11) is 0. The molecule has 0 radical (unpaired) electrons. The van der Waals surface area contributed by atoms with Crippen molar-refractivity contribution < 1.29 is 0 Å². The molecule has 0 saturated carbocycles. The minimum atomic E-state index is 0.298. The molecule has 4 N–H and O–H groups in total. The smallest absolute Gasteiger partial charge is 0.150 e. The van der Waals surface area contributed by atoms with Crippen LogP contribution in [0.1, 0.15) is 0 Å². The van der Waals surface area contributed by atoms with Crippen LogP contribution in [0.4, 0.5) is 11.5 Å². The van der Waals surface area contributed by atoms with Gasteiger partial charge in [-0.15, -0.1) is 0 Å². The van der Waals surface area contributed by atoms with E-state index in [0.29, 0.717) is 17.2 Å². The summed E-state index contributed by atoms with van der Waals surface area (Å²) in [5.41, 5.74) is 13.2. The molecule has 0 aliphatic rings. The summed E-state index contributed by atoms with van der Waals surface area (Å²) in [6.07, 6.45) is 4.74. The van der Waals surface area contributed by atoms with Gasteiger partial charge in [0.2, 0.25) is 0 Å². The van der Waals surface area contributed by atoms with E-state index in [1.54, 1.807) is 12.4 Å². The molecular formula is C9H9N5. The van der Waals surface area contributed by atoms with E-state index < -0.39 is 0 Å². The maximum atomic E-state index is 5.74. The van der Waals surface area contributed by atoms with E-state index in [9.17, 15) is 0 Å². The lowest BCUT2D eigenvalue weighted by Gasteiger charge is -2.04. The molecule has 0 spiro atoms. The Bertz CT molecular complexity index is 440. The van der Waals surface area contributed by atoms with Crippen LogP contribution in [0.15, 0.2) is 30.9 Å². The van der Waals surface area contributed by atoms with Gasteiger partial charge in [-0.25, -0.2) is 9.97 Å². The molecule has 0 atom stereocenters. The molecule has 0 unspecified atom stereocenters. The molecule has 2 rings (SSSR count). The summed E-state index contributed by atoms with van der Waals surface area (Å²) in [5, 5.41) is 0. The normalized spacial score (nSPS) is 10.0. The van der Waals surface area contributed by atoms with Gasteiger partial charge in [-0.05, 0) is 12.1 Å². The second kappa shape index (κ2) is 3.29. The fraction of sp³-hybridized carbons (Fsp3) is 0. The summed E-state index contributed by atoms with van der Waals surface area (Å²) in [5.74, 6) is 0.298. The Balaban J connectivity index is 2.58. The van der Waals surface area contributed by atoms with Crippen LogP contribution >= 0.6 is 0 Å². The third kappa shape index (κ3) is 1.35. The molecule has 5 nitrogen and oxygen atoms in total. The Morgan fingerprint density at radius 1 is 1.00 bits per heavy atom. The van der Waals surface area contributed by atoms with Crippen molar-refractivity contribution in [1.29, 1.82) is 0 Å². The monoisotopic (exact) mass is 187 g/mol. The minimum Gasteiger partial charge on any atom is -0.394 e. The molecular weight excluding hydrogens is 178 g/mol. The second-order valence-electron chi connectivity index (χ2n) is 2.76. The van der Waals surface area contributed by atoms with E-state index in [4.69, 9.17) is 11.5 Å². The van der Waals surface area contributed by atoms with Gasteiger partial charge in [0, 0.05) is 18.0 Å². The molecule has 14 heavy (non-hydrogen) atoms. The number of aromatic nitrogens is 3. The van der Waals surface area contributed by atoms with Crippen LogP contribution in [-0.4, -0.2) is 15.0 Å². The van der Waals surface area contributed by atoms with Gasteiger partial charge in [0.25, 0.3) is 0 Å². The molecule has 0 amide bonds. The molecule has 0 aromatic carbocycles. The van der Waals surface area contributed by atoms with Crippen LogP contribution in [0, 0.1) is 0 Å². The van der Waals surface area contributed by atoms with Crippen molar-refractivity contribution in [1.82, 2.24) is 15.0 Å². The SMILES string of the molecule is Nc1ncnc(-c2ccncc2)c1N. The van der Waals surface area contributed by atoms with Gasteiger partial charge in [0.1, 0.15) is 12.0 Å². The van der Waals surface area contributed by atoms with Crippen molar-refractivity contribution in [3.05, 3.63) is 30.9 Å². The average molecular weight is 187 g/mol. The Morgan fingerprint density at radius 3 is 2.43 bits per heavy atom. The fourth-order valence-corrected chi connectivity index (χ4v) is 1.15. The summed E-state index contributed by atoms with van der Waals surface area (Å²) in [6, 6.07) is 3.64. The zero-order valence-electron chi connectivity index (χ0n) is 7.38. The Hall–Kier alpha value is -2.17. The molecule has 2 aromatic rings. The lowest BCUT2D eigenvalue weighted by atomic mass is 10.1. The van der Waals surface area contributed by atoms with Crippen LogP contribution in [0.5, 0.6) is 0 Å². The van der Waals surface area contributed by atoms with Gasteiger partial charge < -0.3 is 11.5 Å². The highest BCUT2D eigenvalue weighted by Crippen LogP contribution is 2.24. The highest BCUT2D eigenvalue weighted by atomic mass is 14.9. The number of nitrogens with two attached hydrogens (primary N) is 2. The molecule has 0 aliphatic heterocycles. The highest BCUT2D eigenvalue weighted by molar-refractivity contribution is 5.78. The first-order valence-electron chi connectivity index (χ1n) is 4.05. The average Bonchev–Trinajstić information content (AvgIpc) is 2.23. The van der Waals surface area contributed by atoms with Gasteiger partial charge in [0.15, 0.2) is 5.82 Å². The summed E-state index contributed by atoms with van der Waals surface area (Å²) in [6.45, 7) is 0. The quantitative estimate of drug-likeness (QED) is 0.685. The van der Waals surface area contributed by atoms with Gasteiger partial charge in [-0.1, -0.05) is 0 Å². The Labute approximate surface area is 80.8 Å². The molecule has 70 valence electrons. The molecule has 0 aliphatic carbocycles. The van der Waals surface area contributed by atoms with Crippen LogP contribution in [-0.2, 0) is 0 Å². The predicted molar refractivity (Wildman–Crippen MR) is 54.1 cm³/mol. The van der Waals surface area contributed by atoms with E-state index in [0.717, 1.165) is 5.56 Å². The third-order valence-corrected chi connectivity index (χ3v) is 1.87. The molecule has 5 heteroatoms.